The summed E-state index contributed by atoms with van der Waals surface area (Å²) in [4.78, 5) is 4.85. The molecule has 9 aromatic rings. The zero-order valence-corrected chi connectivity index (χ0v) is 32.1. The molecule has 1 aliphatic heterocycles. The Morgan fingerprint density at radius 1 is 0.407 bits per heavy atom. The van der Waals surface area contributed by atoms with E-state index in [0.29, 0.717) is 0 Å². The van der Waals surface area contributed by atoms with Gasteiger partial charge in [0, 0.05) is 54.3 Å². The Balaban J connectivity index is 1.04. The zero-order chi connectivity index (χ0) is 36.2. The number of nitrogens with zero attached hydrogens (tertiary/aromatic N) is 2. The number of thiophene rings is 1. The van der Waals surface area contributed by atoms with Crippen molar-refractivity contribution in [3.05, 3.63) is 194 Å². The van der Waals surface area contributed by atoms with Crippen LogP contribution in [-0.4, -0.2) is 8.07 Å². The van der Waals surface area contributed by atoms with Crippen molar-refractivity contribution in [1.29, 1.82) is 0 Å². The van der Waals surface area contributed by atoms with Gasteiger partial charge >= 0.3 is 0 Å². The Bertz CT molecular complexity index is 2750. The molecule has 4 heteroatoms. The summed E-state index contributed by atoms with van der Waals surface area (Å²) in [5.41, 5.74) is 12.0. The third-order valence-electron chi connectivity index (χ3n) is 11.1. The molecule has 2 nitrogen and oxygen atoms in total. The lowest BCUT2D eigenvalue weighted by atomic mass is 10.0. The fourth-order valence-corrected chi connectivity index (χ4v) is 12.4. The predicted octanol–water partition coefficient (Wildman–Crippen LogP) is 13.5. The summed E-state index contributed by atoms with van der Waals surface area (Å²) in [5.74, 6) is 0. The molecule has 0 saturated carbocycles. The van der Waals surface area contributed by atoms with E-state index in [4.69, 9.17) is 0 Å². The molecule has 258 valence electrons. The molecule has 0 spiro atoms. The minimum Gasteiger partial charge on any atom is -0.311 e. The van der Waals surface area contributed by atoms with E-state index in [2.05, 4.69) is 217 Å². The van der Waals surface area contributed by atoms with Gasteiger partial charge in [-0.05, 0) is 99.4 Å². The fraction of sp³-hybridized carbons (Fsp3) is 0.0400. The molecule has 0 aliphatic carbocycles. The lowest BCUT2D eigenvalue weighted by molar-refractivity contribution is 1.28. The van der Waals surface area contributed by atoms with Gasteiger partial charge in [0.15, 0.2) is 0 Å². The first kappa shape index (κ1) is 32.4. The topological polar surface area (TPSA) is 6.48 Å². The van der Waals surface area contributed by atoms with Crippen LogP contribution in [0.15, 0.2) is 194 Å². The zero-order valence-electron chi connectivity index (χ0n) is 30.3. The van der Waals surface area contributed by atoms with Crippen LogP contribution in [0.4, 0.5) is 34.1 Å². The van der Waals surface area contributed by atoms with Crippen LogP contribution in [0.3, 0.4) is 0 Å². The summed E-state index contributed by atoms with van der Waals surface area (Å²) in [6.07, 6.45) is 0. The molecule has 10 rings (SSSR count). The average Bonchev–Trinajstić information content (AvgIpc) is 3.60. The van der Waals surface area contributed by atoms with Gasteiger partial charge in [0.05, 0.1) is 0 Å². The third-order valence-corrected chi connectivity index (χ3v) is 15.7. The standard InChI is InChI=1S/C50H38N2SSi/c1-54(2)49-21-10-7-18-45(49)52(46-19-8-11-22-50(46)54)41-16-12-15-38(33-41)37-25-29-40(30-26-37)51(39-27-23-36(24-28-39)35-13-4-3-5-14-35)42-31-32-44-43-17-6-9-20-47(43)53-48(44)34-42/h3-34H,1-2H3. The van der Waals surface area contributed by atoms with Crippen molar-refractivity contribution in [1.82, 2.24) is 0 Å². The average molecular weight is 727 g/mol. The highest BCUT2D eigenvalue weighted by molar-refractivity contribution is 7.25. The maximum Gasteiger partial charge on any atom is 0.117 e. The fourth-order valence-electron chi connectivity index (χ4n) is 8.31. The monoisotopic (exact) mass is 726 g/mol. The van der Waals surface area contributed by atoms with E-state index in [1.165, 1.54) is 69.9 Å². The van der Waals surface area contributed by atoms with Gasteiger partial charge < -0.3 is 9.80 Å². The summed E-state index contributed by atoms with van der Waals surface area (Å²) in [7, 11) is -1.85. The maximum absolute atomic E-state index is 2.47. The molecule has 1 aromatic heterocycles. The molecular formula is C50H38N2SSi. The van der Waals surface area contributed by atoms with Crippen LogP contribution in [0.2, 0.25) is 13.1 Å². The quantitative estimate of drug-likeness (QED) is 0.157. The second-order valence-corrected chi connectivity index (χ2v) is 20.0. The highest BCUT2D eigenvalue weighted by Crippen LogP contribution is 2.43. The Morgan fingerprint density at radius 2 is 0.926 bits per heavy atom. The lowest BCUT2D eigenvalue weighted by Gasteiger charge is -2.41. The second-order valence-electron chi connectivity index (χ2n) is 14.6. The van der Waals surface area contributed by atoms with E-state index in [-0.39, 0.29) is 0 Å². The minimum absolute atomic E-state index is 1.12. The van der Waals surface area contributed by atoms with Crippen LogP contribution in [0, 0.1) is 0 Å². The largest absolute Gasteiger partial charge is 0.311 e. The molecule has 0 atom stereocenters. The summed E-state index contributed by atoms with van der Waals surface area (Å²) in [6.45, 7) is 4.95. The molecular weight excluding hydrogens is 689 g/mol. The van der Waals surface area contributed by atoms with E-state index < -0.39 is 8.07 Å². The molecule has 0 fully saturated rings. The molecule has 0 unspecified atom stereocenters. The smallest absolute Gasteiger partial charge is 0.117 e. The second kappa shape index (κ2) is 13.0. The van der Waals surface area contributed by atoms with E-state index in [1.807, 2.05) is 11.3 Å². The third kappa shape index (κ3) is 5.46. The van der Waals surface area contributed by atoms with Gasteiger partial charge in [0.2, 0.25) is 0 Å². The lowest BCUT2D eigenvalue weighted by Crippen LogP contribution is -2.58. The minimum atomic E-state index is -1.85. The first-order valence-electron chi connectivity index (χ1n) is 18.6. The summed E-state index contributed by atoms with van der Waals surface area (Å²) < 4.78 is 2.61. The summed E-state index contributed by atoms with van der Waals surface area (Å²) in [6, 6.07) is 71.2. The van der Waals surface area contributed by atoms with Crippen molar-refractivity contribution in [2.24, 2.45) is 0 Å². The molecule has 0 radical (unpaired) electrons. The maximum atomic E-state index is 2.47. The molecule has 2 heterocycles. The summed E-state index contributed by atoms with van der Waals surface area (Å²) >= 11 is 1.86. The van der Waals surface area contributed by atoms with Crippen LogP contribution in [0.25, 0.3) is 42.4 Å². The van der Waals surface area contributed by atoms with E-state index >= 15 is 0 Å². The molecule has 0 saturated heterocycles. The van der Waals surface area contributed by atoms with Gasteiger partial charge in [-0.3, -0.25) is 0 Å². The predicted molar refractivity (Wildman–Crippen MR) is 236 cm³/mol. The van der Waals surface area contributed by atoms with Gasteiger partial charge in [-0.1, -0.05) is 140 Å². The van der Waals surface area contributed by atoms with E-state index in [9.17, 15) is 0 Å². The first-order chi connectivity index (χ1) is 26.5. The Labute approximate surface area is 321 Å². The van der Waals surface area contributed by atoms with Crippen molar-refractivity contribution in [3.63, 3.8) is 0 Å². The number of anilines is 6. The number of fused-ring (bicyclic) bond motifs is 5. The van der Waals surface area contributed by atoms with Gasteiger partial charge in [-0.25, -0.2) is 0 Å². The highest BCUT2D eigenvalue weighted by Gasteiger charge is 2.38. The highest BCUT2D eigenvalue weighted by atomic mass is 32.1. The van der Waals surface area contributed by atoms with Crippen molar-refractivity contribution >= 4 is 84.1 Å². The van der Waals surface area contributed by atoms with Crippen molar-refractivity contribution in [3.8, 4) is 22.3 Å². The molecule has 54 heavy (non-hydrogen) atoms. The Hall–Kier alpha value is -6.20. The van der Waals surface area contributed by atoms with Crippen LogP contribution < -0.4 is 20.2 Å². The van der Waals surface area contributed by atoms with Gasteiger partial charge in [-0.2, -0.15) is 0 Å². The molecule has 8 aromatic carbocycles. The first-order valence-corrected chi connectivity index (χ1v) is 22.4. The van der Waals surface area contributed by atoms with Crippen molar-refractivity contribution in [2.45, 2.75) is 13.1 Å². The normalized spacial score (nSPS) is 13.1. The van der Waals surface area contributed by atoms with Crippen molar-refractivity contribution in [2.75, 3.05) is 9.80 Å². The van der Waals surface area contributed by atoms with E-state index in [1.54, 1.807) is 0 Å². The van der Waals surface area contributed by atoms with Crippen LogP contribution in [-0.2, 0) is 0 Å². The van der Waals surface area contributed by atoms with Crippen LogP contribution >= 0.6 is 11.3 Å². The molecule has 0 amide bonds. The number of para-hydroxylation sites is 2. The number of hydrogen-bond acceptors (Lipinski definition) is 3. The number of rotatable bonds is 6. The van der Waals surface area contributed by atoms with Gasteiger partial charge in [-0.15, -0.1) is 11.3 Å². The van der Waals surface area contributed by atoms with E-state index in [0.717, 1.165) is 17.1 Å². The van der Waals surface area contributed by atoms with Crippen molar-refractivity contribution < 1.29 is 0 Å². The SMILES string of the molecule is C[Si]1(C)c2ccccc2N(c2cccc(-c3ccc(N(c4ccc(-c5ccccc5)cc4)c4ccc5c(c4)sc4ccccc45)cc3)c2)c2ccccc21. The van der Waals surface area contributed by atoms with Crippen LogP contribution in [0.5, 0.6) is 0 Å². The summed E-state index contributed by atoms with van der Waals surface area (Å²) in [5, 5.41) is 5.57. The Morgan fingerprint density at radius 3 is 1.61 bits per heavy atom. The molecule has 1 aliphatic rings. The molecule has 0 N–H and O–H groups in total. The van der Waals surface area contributed by atoms with Crippen LogP contribution in [0.1, 0.15) is 0 Å². The van der Waals surface area contributed by atoms with Gasteiger partial charge in [0.1, 0.15) is 8.07 Å². The van der Waals surface area contributed by atoms with Gasteiger partial charge in [0.25, 0.3) is 0 Å². The number of benzene rings is 8. The number of hydrogen-bond donors (Lipinski definition) is 0. The Kier molecular flexibility index (Phi) is 7.83. The molecule has 0 bridgehead atoms.